The van der Waals surface area contributed by atoms with Crippen molar-refractivity contribution in [2.75, 3.05) is 6.54 Å². The van der Waals surface area contributed by atoms with Crippen molar-refractivity contribution in [3.8, 4) is 0 Å². The van der Waals surface area contributed by atoms with Crippen molar-refractivity contribution in [2.24, 2.45) is 0 Å². The number of hydrogen-bond acceptors (Lipinski definition) is 3. The molecule has 4 heteroatoms. The Hall–Kier alpha value is -2.43. The molecule has 0 radical (unpaired) electrons. The van der Waals surface area contributed by atoms with Crippen LogP contribution < -0.4 is 5.48 Å². The van der Waals surface area contributed by atoms with E-state index in [-0.39, 0.29) is 0 Å². The second-order valence-electron chi connectivity index (χ2n) is 5.78. The number of nitrogens with zero attached hydrogens (tertiary/aromatic N) is 1. The summed E-state index contributed by atoms with van der Waals surface area (Å²) in [6, 6.07) is 16.8. The summed E-state index contributed by atoms with van der Waals surface area (Å²) < 4.78 is 0. The SMILES string of the molecule is O=C(/C=C/c1ccc(CN2CCc3ccccc3C2)cc1)NO. The molecule has 4 nitrogen and oxygen atoms in total. The summed E-state index contributed by atoms with van der Waals surface area (Å²) in [6.07, 6.45) is 4.08. The van der Waals surface area contributed by atoms with Crippen LogP contribution >= 0.6 is 0 Å². The second-order valence-corrected chi connectivity index (χ2v) is 5.78. The molecule has 0 saturated carbocycles. The van der Waals surface area contributed by atoms with Gasteiger partial charge in [0.25, 0.3) is 5.91 Å². The minimum absolute atomic E-state index is 0.527. The normalized spacial score (nSPS) is 14.7. The lowest BCUT2D eigenvalue weighted by Crippen LogP contribution is -2.29. The number of carbonyl (C=O) groups is 1. The number of hydroxylamine groups is 1. The fourth-order valence-corrected chi connectivity index (χ4v) is 2.89. The monoisotopic (exact) mass is 308 g/mol. The van der Waals surface area contributed by atoms with E-state index in [0.29, 0.717) is 0 Å². The average molecular weight is 308 g/mol. The molecule has 0 aliphatic carbocycles. The Labute approximate surface area is 136 Å². The van der Waals surface area contributed by atoms with E-state index in [1.165, 1.54) is 22.8 Å². The highest BCUT2D eigenvalue weighted by molar-refractivity contribution is 5.90. The molecule has 0 spiro atoms. The molecule has 118 valence electrons. The zero-order chi connectivity index (χ0) is 16.1. The molecule has 2 aromatic rings. The lowest BCUT2D eigenvalue weighted by Gasteiger charge is -2.28. The maximum absolute atomic E-state index is 11.0. The topological polar surface area (TPSA) is 52.6 Å². The molecule has 1 aliphatic heterocycles. The van der Waals surface area contributed by atoms with Gasteiger partial charge in [0.2, 0.25) is 0 Å². The van der Waals surface area contributed by atoms with E-state index in [0.717, 1.165) is 31.6 Å². The molecule has 0 bridgehead atoms. The van der Waals surface area contributed by atoms with Gasteiger partial charge in [0.05, 0.1) is 0 Å². The van der Waals surface area contributed by atoms with E-state index in [1.54, 1.807) is 11.6 Å². The first kappa shape index (κ1) is 15.5. The van der Waals surface area contributed by atoms with Crippen LogP contribution in [0.2, 0.25) is 0 Å². The number of nitrogens with one attached hydrogen (secondary N) is 1. The largest absolute Gasteiger partial charge is 0.294 e. The van der Waals surface area contributed by atoms with E-state index < -0.39 is 5.91 Å². The van der Waals surface area contributed by atoms with Gasteiger partial charge in [0.15, 0.2) is 0 Å². The van der Waals surface area contributed by atoms with Crippen LogP contribution in [-0.2, 0) is 24.3 Å². The van der Waals surface area contributed by atoms with Crippen LogP contribution in [0.5, 0.6) is 0 Å². The van der Waals surface area contributed by atoms with Crippen LogP contribution in [0, 0.1) is 0 Å². The van der Waals surface area contributed by atoms with Gasteiger partial charge in [-0.25, -0.2) is 5.48 Å². The molecule has 2 N–H and O–H groups in total. The minimum Gasteiger partial charge on any atom is -0.294 e. The summed E-state index contributed by atoms with van der Waals surface area (Å²) in [5, 5.41) is 8.45. The highest BCUT2D eigenvalue weighted by Gasteiger charge is 2.15. The van der Waals surface area contributed by atoms with Gasteiger partial charge >= 0.3 is 0 Å². The van der Waals surface area contributed by atoms with E-state index in [2.05, 4.69) is 41.3 Å². The fourth-order valence-electron chi connectivity index (χ4n) is 2.89. The number of rotatable bonds is 4. The van der Waals surface area contributed by atoms with E-state index in [1.807, 2.05) is 12.1 Å². The van der Waals surface area contributed by atoms with Crippen molar-refractivity contribution in [3.63, 3.8) is 0 Å². The van der Waals surface area contributed by atoms with Gasteiger partial charge in [-0.1, -0.05) is 48.5 Å². The third kappa shape index (κ3) is 4.06. The van der Waals surface area contributed by atoms with Gasteiger partial charge in [-0.3, -0.25) is 14.9 Å². The van der Waals surface area contributed by atoms with Crippen molar-refractivity contribution >= 4 is 12.0 Å². The smallest absolute Gasteiger partial charge is 0.267 e. The number of amides is 1. The zero-order valence-corrected chi connectivity index (χ0v) is 12.9. The Kier molecular flexibility index (Phi) is 4.86. The van der Waals surface area contributed by atoms with E-state index in [9.17, 15) is 4.79 Å². The maximum Gasteiger partial charge on any atom is 0.267 e. The second kappa shape index (κ2) is 7.22. The maximum atomic E-state index is 11.0. The summed E-state index contributed by atoms with van der Waals surface area (Å²) >= 11 is 0. The third-order valence-corrected chi connectivity index (χ3v) is 4.13. The molecule has 0 aromatic heterocycles. The highest BCUT2D eigenvalue weighted by atomic mass is 16.5. The lowest BCUT2D eigenvalue weighted by molar-refractivity contribution is -0.124. The van der Waals surface area contributed by atoms with Crippen molar-refractivity contribution in [3.05, 3.63) is 76.9 Å². The van der Waals surface area contributed by atoms with Crippen LogP contribution in [0.4, 0.5) is 0 Å². The van der Waals surface area contributed by atoms with Crippen molar-refractivity contribution < 1.29 is 10.0 Å². The van der Waals surface area contributed by atoms with Gasteiger partial charge < -0.3 is 0 Å². The molecule has 3 rings (SSSR count). The Bertz CT molecular complexity index is 708. The molecular weight excluding hydrogens is 288 g/mol. The molecule has 1 heterocycles. The molecule has 23 heavy (non-hydrogen) atoms. The summed E-state index contributed by atoms with van der Waals surface area (Å²) in [5.74, 6) is -0.527. The third-order valence-electron chi connectivity index (χ3n) is 4.13. The summed E-state index contributed by atoms with van der Waals surface area (Å²) in [4.78, 5) is 13.4. The molecule has 1 aliphatic rings. The first-order chi connectivity index (χ1) is 11.2. The van der Waals surface area contributed by atoms with E-state index in [4.69, 9.17) is 5.21 Å². The number of benzene rings is 2. The van der Waals surface area contributed by atoms with Crippen molar-refractivity contribution in [1.29, 1.82) is 0 Å². The Morgan fingerprint density at radius 3 is 2.61 bits per heavy atom. The lowest BCUT2D eigenvalue weighted by atomic mass is 9.99. The molecule has 0 unspecified atom stereocenters. The van der Waals surface area contributed by atoms with Gasteiger partial charge in [0, 0.05) is 25.7 Å². The van der Waals surface area contributed by atoms with Gasteiger partial charge in [-0.15, -0.1) is 0 Å². The molecule has 0 fully saturated rings. The van der Waals surface area contributed by atoms with Gasteiger partial charge in [-0.05, 0) is 34.8 Å². The molecule has 0 saturated heterocycles. The van der Waals surface area contributed by atoms with Crippen molar-refractivity contribution in [1.82, 2.24) is 10.4 Å². The van der Waals surface area contributed by atoms with Crippen LogP contribution in [0.25, 0.3) is 6.08 Å². The predicted molar refractivity (Wildman–Crippen MR) is 89.7 cm³/mol. The average Bonchev–Trinajstić information content (AvgIpc) is 2.60. The number of carbonyl (C=O) groups excluding carboxylic acids is 1. The van der Waals surface area contributed by atoms with E-state index >= 15 is 0 Å². The van der Waals surface area contributed by atoms with Crippen LogP contribution in [0.1, 0.15) is 22.3 Å². The summed E-state index contributed by atoms with van der Waals surface area (Å²) in [5.41, 5.74) is 6.65. The zero-order valence-electron chi connectivity index (χ0n) is 12.9. The highest BCUT2D eigenvalue weighted by Crippen LogP contribution is 2.20. The quantitative estimate of drug-likeness (QED) is 0.519. The number of fused-ring (bicyclic) bond motifs is 1. The van der Waals surface area contributed by atoms with Crippen LogP contribution in [0.15, 0.2) is 54.6 Å². The Morgan fingerprint density at radius 2 is 1.87 bits per heavy atom. The Morgan fingerprint density at radius 1 is 1.13 bits per heavy atom. The first-order valence-electron chi connectivity index (χ1n) is 7.75. The molecule has 0 atom stereocenters. The molecule has 2 aromatic carbocycles. The fraction of sp³-hybridized carbons (Fsp3) is 0.211. The predicted octanol–water partition coefficient (Wildman–Crippen LogP) is 2.76. The Balaban J connectivity index is 1.61. The standard InChI is InChI=1S/C19H20N2O2/c22-19(20-23)10-9-15-5-7-16(8-6-15)13-21-12-11-17-3-1-2-4-18(17)14-21/h1-10,23H,11-14H2,(H,20,22)/b10-9+. The van der Waals surface area contributed by atoms with Gasteiger partial charge in [-0.2, -0.15) is 0 Å². The summed E-state index contributed by atoms with van der Waals surface area (Å²) in [6.45, 7) is 3.00. The summed E-state index contributed by atoms with van der Waals surface area (Å²) in [7, 11) is 0. The first-order valence-corrected chi connectivity index (χ1v) is 7.75. The number of hydrogen-bond donors (Lipinski definition) is 2. The minimum atomic E-state index is -0.527. The molecular formula is C19H20N2O2. The van der Waals surface area contributed by atoms with Crippen LogP contribution in [-0.4, -0.2) is 22.6 Å². The molecule has 1 amide bonds. The van der Waals surface area contributed by atoms with Gasteiger partial charge in [0.1, 0.15) is 0 Å². The van der Waals surface area contributed by atoms with Crippen molar-refractivity contribution in [2.45, 2.75) is 19.5 Å². The van der Waals surface area contributed by atoms with Crippen LogP contribution in [0.3, 0.4) is 0 Å².